The van der Waals surface area contributed by atoms with Crippen molar-refractivity contribution in [2.45, 2.75) is 6.04 Å². The normalized spacial score (nSPS) is 20.9. The Morgan fingerprint density at radius 2 is 1.70 bits per heavy atom. The maximum absolute atomic E-state index is 13.4. The number of benzene rings is 2. The van der Waals surface area contributed by atoms with E-state index in [1.165, 1.54) is 41.3 Å². The molecule has 10 heteroatoms. The van der Waals surface area contributed by atoms with Crippen molar-refractivity contribution in [1.82, 2.24) is 9.80 Å². The summed E-state index contributed by atoms with van der Waals surface area (Å²) in [6.07, 6.45) is 0. The number of ketones is 1. The molecule has 0 bridgehead atoms. The second-order valence-electron chi connectivity index (χ2n) is 7.80. The molecule has 172 valence electrons. The van der Waals surface area contributed by atoms with Crippen LogP contribution in [0.3, 0.4) is 0 Å². The molecule has 0 radical (unpaired) electrons. The Hall–Kier alpha value is -3.63. The molecule has 1 unspecified atom stereocenters. The number of hydrogen-bond acceptors (Lipinski definition) is 7. The lowest BCUT2D eigenvalue weighted by molar-refractivity contribution is -0.384. The van der Waals surface area contributed by atoms with Crippen LogP contribution in [0.25, 0.3) is 5.76 Å². The number of carbonyl (C=O) groups excluding carboxylic acids is 2. The highest BCUT2D eigenvalue weighted by Crippen LogP contribution is 2.39. The van der Waals surface area contributed by atoms with Crippen LogP contribution in [0.5, 0.6) is 0 Å². The minimum Gasteiger partial charge on any atom is -0.507 e. The lowest BCUT2D eigenvalue weighted by atomic mass is 9.95. The van der Waals surface area contributed by atoms with E-state index in [1.807, 2.05) is 0 Å². The number of amides is 1. The quantitative estimate of drug-likeness (QED) is 0.234. The standard InChI is InChI=1S/C23H22FN3O6/c24-17-5-1-16(2-6-17)21(28)19-20(15-3-7-18(8-4-15)27(31)32)26(23(30)22(19)29)10-9-25-11-13-33-14-12-25/h1-8,20,28H,9-14H2/b21-19-. The van der Waals surface area contributed by atoms with Crippen molar-refractivity contribution in [2.75, 3.05) is 39.4 Å². The third kappa shape index (κ3) is 4.62. The zero-order valence-electron chi connectivity index (χ0n) is 17.6. The summed E-state index contributed by atoms with van der Waals surface area (Å²) in [5.41, 5.74) is 0.366. The van der Waals surface area contributed by atoms with E-state index in [4.69, 9.17) is 4.74 Å². The molecule has 0 aliphatic carbocycles. The van der Waals surface area contributed by atoms with Gasteiger partial charge in [0.15, 0.2) is 0 Å². The first kappa shape index (κ1) is 22.6. The number of nitrogens with zero attached hydrogens (tertiary/aromatic N) is 3. The fourth-order valence-electron chi connectivity index (χ4n) is 4.07. The molecule has 9 nitrogen and oxygen atoms in total. The number of hydrogen-bond donors (Lipinski definition) is 1. The van der Waals surface area contributed by atoms with Crippen molar-refractivity contribution >= 4 is 23.1 Å². The highest BCUT2D eigenvalue weighted by atomic mass is 19.1. The van der Waals surface area contributed by atoms with Crippen LogP contribution in [-0.4, -0.2) is 70.9 Å². The first-order valence-electron chi connectivity index (χ1n) is 10.5. The van der Waals surface area contributed by atoms with Gasteiger partial charge in [0.25, 0.3) is 17.4 Å². The van der Waals surface area contributed by atoms with Crippen molar-refractivity contribution < 1.29 is 28.7 Å². The van der Waals surface area contributed by atoms with Crippen LogP contribution < -0.4 is 0 Å². The van der Waals surface area contributed by atoms with Gasteiger partial charge in [-0.15, -0.1) is 0 Å². The molecule has 0 saturated carbocycles. The third-order valence-corrected chi connectivity index (χ3v) is 5.84. The summed E-state index contributed by atoms with van der Waals surface area (Å²) in [6.45, 7) is 3.26. The van der Waals surface area contributed by atoms with E-state index in [-0.39, 0.29) is 23.4 Å². The number of ether oxygens (including phenoxy) is 1. The molecule has 1 amide bonds. The van der Waals surface area contributed by atoms with Crippen molar-refractivity contribution in [2.24, 2.45) is 0 Å². The highest BCUT2D eigenvalue weighted by Gasteiger charge is 2.46. The Labute approximate surface area is 188 Å². The van der Waals surface area contributed by atoms with Gasteiger partial charge in [0.2, 0.25) is 0 Å². The van der Waals surface area contributed by atoms with Crippen LogP contribution in [0, 0.1) is 15.9 Å². The van der Waals surface area contributed by atoms with Gasteiger partial charge in [0.05, 0.1) is 29.8 Å². The smallest absolute Gasteiger partial charge is 0.295 e. The molecule has 2 aromatic carbocycles. The predicted molar refractivity (Wildman–Crippen MR) is 116 cm³/mol. The molecule has 0 aromatic heterocycles. The first-order chi connectivity index (χ1) is 15.9. The SMILES string of the molecule is O=C1C(=O)N(CCN2CCOCC2)C(c2ccc([N+](=O)[O-])cc2)/C1=C(/O)c1ccc(F)cc1. The molecular formula is C23H22FN3O6. The molecule has 2 fully saturated rings. The average molecular weight is 455 g/mol. The molecule has 4 rings (SSSR count). The van der Waals surface area contributed by atoms with Crippen molar-refractivity contribution in [3.05, 3.63) is 81.2 Å². The van der Waals surface area contributed by atoms with E-state index < -0.39 is 34.2 Å². The molecule has 1 N–H and O–H groups in total. The molecule has 1 atom stereocenters. The number of nitro groups is 1. The number of nitro benzene ring substituents is 1. The lowest BCUT2D eigenvalue weighted by Gasteiger charge is -2.31. The predicted octanol–water partition coefficient (Wildman–Crippen LogP) is 2.49. The van der Waals surface area contributed by atoms with Crippen molar-refractivity contribution in [3.63, 3.8) is 0 Å². The molecular weight excluding hydrogens is 433 g/mol. The number of morpholine rings is 1. The topological polar surface area (TPSA) is 113 Å². The van der Waals surface area contributed by atoms with Gasteiger partial charge in [0.1, 0.15) is 11.6 Å². The largest absolute Gasteiger partial charge is 0.507 e. The van der Waals surface area contributed by atoms with E-state index in [2.05, 4.69) is 4.90 Å². The second-order valence-corrected chi connectivity index (χ2v) is 7.80. The zero-order valence-corrected chi connectivity index (χ0v) is 17.6. The summed E-state index contributed by atoms with van der Waals surface area (Å²) in [5, 5.41) is 22.0. The molecule has 2 aliphatic rings. The summed E-state index contributed by atoms with van der Waals surface area (Å²) in [4.78, 5) is 39.9. The molecule has 2 aliphatic heterocycles. The number of aliphatic hydroxyl groups excluding tert-OH is 1. The minimum atomic E-state index is -0.933. The number of rotatable bonds is 6. The zero-order chi connectivity index (χ0) is 23.5. The minimum absolute atomic E-state index is 0.137. The van der Waals surface area contributed by atoms with Gasteiger partial charge in [-0.25, -0.2) is 4.39 Å². The maximum Gasteiger partial charge on any atom is 0.295 e. The number of Topliss-reactive ketones (excluding diaryl/α,β-unsaturated/α-hetero) is 1. The highest BCUT2D eigenvalue weighted by molar-refractivity contribution is 6.46. The van der Waals surface area contributed by atoms with Gasteiger partial charge in [-0.2, -0.15) is 0 Å². The van der Waals surface area contributed by atoms with Gasteiger partial charge in [0, 0.05) is 43.9 Å². The Kier molecular flexibility index (Phi) is 6.47. The molecule has 2 aromatic rings. The number of likely N-dealkylation sites (tertiary alicyclic amines) is 1. The number of aliphatic hydroxyl groups is 1. The third-order valence-electron chi connectivity index (χ3n) is 5.84. The Balaban J connectivity index is 1.74. The fraction of sp³-hybridized carbons (Fsp3) is 0.304. The van der Waals surface area contributed by atoms with Gasteiger partial charge in [-0.1, -0.05) is 0 Å². The van der Waals surface area contributed by atoms with Crippen LogP contribution >= 0.6 is 0 Å². The van der Waals surface area contributed by atoms with Crippen molar-refractivity contribution in [1.29, 1.82) is 0 Å². The van der Waals surface area contributed by atoms with Gasteiger partial charge in [-0.3, -0.25) is 24.6 Å². The van der Waals surface area contributed by atoms with Crippen molar-refractivity contribution in [3.8, 4) is 0 Å². The first-order valence-corrected chi connectivity index (χ1v) is 10.5. The van der Waals surface area contributed by atoms with Crippen LogP contribution in [0.2, 0.25) is 0 Å². The van der Waals surface area contributed by atoms with Gasteiger partial charge >= 0.3 is 0 Å². The van der Waals surface area contributed by atoms with Gasteiger partial charge < -0.3 is 14.7 Å². The Morgan fingerprint density at radius 3 is 2.30 bits per heavy atom. The molecule has 2 heterocycles. The fourth-order valence-corrected chi connectivity index (χ4v) is 4.07. The summed E-state index contributed by atoms with van der Waals surface area (Å²) in [7, 11) is 0. The van der Waals surface area contributed by atoms with Crippen LogP contribution in [-0.2, 0) is 14.3 Å². The monoisotopic (exact) mass is 455 g/mol. The Morgan fingerprint density at radius 1 is 1.06 bits per heavy atom. The van der Waals surface area contributed by atoms with E-state index in [0.717, 1.165) is 12.1 Å². The lowest BCUT2D eigenvalue weighted by Crippen LogP contribution is -2.42. The van der Waals surface area contributed by atoms with Crippen LogP contribution in [0.4, 0.5) is 10.1 Å². The Bertz CT molecular complexity index is 1090. The van der Waals surface area contributed by atoms with Crippen LogP contribution in [0.15, 0.2) is 54.1 Å². The second kappa shape index (κ2) is 9.47. The summed E-state index contributed by atoms with van der Waals surface area (Å²) >= 11 is 0. The summed E-state index contributed by atoms with van der Waals surface area (Å²) in [6, 6.07) is 9.50. The van der Waals surface area contributed by atoms with E-state index in [1.54, 1.807) is 0 Å². The molecule has 0 spiro atoms. The molecule has 33 heavy (non-hydrogen) atoms. The summed E-state index contributed by atoms with van der Waals surface area (Å²) in [5.74, 6) is -2.56. The van der Waals surface area contributed by atoms with E-state index in [9.17, 15) is 29.2 Å². The number of non-ortho nitro benzene ring substituents is 1. The molecule has 2 saturated heterocycles. The van der Waals surface area contributed by atoms with Crippen LogP contribution in [0.1, 0.15) is 17.2 Å². The van der Waals surface area contributed by atoms with E-state index >= 15 is 0 Å². The average Bonchev–Trinajstić information content (AvgIpc) is 3.08. The number of halogens is 1. The van der Waals surface area contributed by atoms with Gasteiger partial charge in [-0.05, 0) is 42.0 Å². The maximum atomic E-state index is 13.4. The number of carbonyl (C=O) groups is 2. The van der Waals surface area contributed by atoms with E-state index in [0.29, 0.717) is 38.4 Å². The summed E-state index contributed by atoms with van der Waals surface area (Å²) < 4.78 is 18.7.